The van der Waals surface area contributed by atoms with Crippen LogP contribution >= 0.6 is 0 Å². The van der Waals surface area contributed by atoms with Crippen LogP contribution in [0.25, 0.3) is 0 Å². The van der Waals surface area contributed by atoms with E-state index in [0.717, 1.165) is 5.92 Å². The molecule has 1 unspecified atom stereocenters. The fourth-order valence-corrected chi connectivity index (χ4v) is 2.60. The topological polar surface area (TPSA) is 0 Å². The maximum absolute atomic E-state index is 2.35. The minimum Gasteiger partial charge on any atom is -1.00 e. The molecule has 0 saturated heterocycles. The molecule has 0 aromatic carbocycles. The summed E-state index contributed by atoms with van der Waals surface area (Å²) in [6, 6.07) is 0. The van der Waals surface area contributed by atoms with Crippen molar-refractivity contribution in [2.45, 2.75) is 18.6 Å². The third-order valence-electron chi connectivity index (χ3n) is 1.75. The molecule has 0 heterocycles. The minimum absolute atomic E-state index is 0. The summed E-state index contributed by atoms with van der Waals surface area (Å²) in [7, 11) is 0. The van der Waals surface area contributed by atoms with Crippen molar-refractivity contribution in [2.24, 2.45) is 5.92 Å². The standard InChI is InChI=1S/C7H9.CH3.2ClH.Ti/c1-2-7-5-3-4-6-7;;;;/h3-5,7H,2H2,1H3;1H3;2*1H;/q;;;;+2/p-2. The molecule has 1 aliphatic rings. The number of allylic oxidation sites excluding steroid dienone is 4. The normalized spacial score (nSPS) is 19.5. The Balaban J connectivity index is 0. The molecule has 0 nitrogen and oxygen atoms in total. The molecule has 0 aromatic rings. The molecule has 1 aliphatic carbocycles. The van der Waals surface area contributed by atoms with Crippen LogP contribution in [0.4, 0.5) is 0 Å². The van der Waals surface area contributed by atoms with E-state index in [0.29, 0.717) is 0 Å². The molecule has 3 heteroatoms. The molecule has 0 radical (unpaired) electrons. The van der Waals surface area contributed by atoms with Gasteiger partial charge in [-0.05, 0) is 0 Å². The van der Waals surface area contributed by atoms with Crippen LogP contribution in [0, 0.1) is 5.92 Å². The van der Waals surface area contributed by atoms with E-state index in [1.165, 1.54) is 6.42 Å². The van der Waals surface area contributed by atoms with Crippen molar-refractivity contribution in [3.63, 3.8) is 0 Å². The first kappa shape index (κ1) is 14.3. The Morgan fingerprint density at radius 3 is 2.45 bits per heavy atom. The maximum Gasteiger partial charge on any atom is -1.00 e. The van der Waals surface area contributed by atoms with Crippen molar-refractivity contribution in [3.05, 3.63) is 22.1 Å². The first-order valence-corrected chi connectivity index (χ1v) is 5.79. The molecule has 62 valence electrons. The van der Waals surface area contributed by atoms with Crippen LogP contribution in [-0.2, 0) is 19.2 Å². The fraction of sp³-hybridized carbons (Fsp3) is 0.500. The van der Waals surface area contributed by atoms with Gasteiger partial charge in [0.25, 0.3) is 0 Å². The summed E-state index contributed by atoms with van der Waals surface area (Å²) < 4.78 is 1.72. The quantitative estimate of drug-likeness (QED) is 0.431. The van der Waals surface area contributed by atoms with Gasteiger partial charge in [0, 0.05) is 0 Å². The van der Waals surface area contributed by atoms with Crippen molar-refractivity contribution in [1.29, 1.82) is 0 Å². The van der Waals surface area contributed by atoms with E-state index in [1.54, 1.807) is 3.88 Å². The summed E-state index contributed by atoms with van der Waals surface area (Å²) >= 11 is 0.239. The third-order valence-corrected chi connectivity index (χ3v) is 3.49. The van der Waals surface area contributed by atoms with Crippen LogP contribution in [0.1, 0.15) is 13.3 Å². The van der Waals surface area contributed by atoms with Crippen LogP contribution in [0.15, 0.2) is 22.1 Å². The van der Waals surface area contributed by atoms with Gasteiger partial charge in [-0.15, -0.1) is 0 Å². The van der Waals surface area contributed by atoms with E-state index < -0.39 is 0 Å². The maximum atomic E-state index is 2.35. The molecule has 0 bridgehead atoms. The summed E-state index contributed by atoms with van der Waals surface area (Å²) in [6.07, 6.45) is 8.12. The zero-order valence-corrected chi connectivity index (χ0v) is 9.85. The molecule has 11 heavy (non-hydrogen) atoms. The number of rotatable bonds is 2. The summed E-state index contributed by atoms with van der Waals surface area (Å²) in [5, 5.41) is 2.35. The van der Waals surface area contributed by atoms with Gasteiger partial charge in [0.1, 0.15) is 0 Å². The van der Waals surface area contributed by atoms with E-state index in [9.17, 15) is 0 Å². The van der Waals surface area contributed by atoms with Gasteiger partial charge in [-0.1, -0.05) is 0 Å². The van der Waals surface area contributed by atoms with Gasteiger partial charge in [-0.3, -0.25) is 0 Å². The van der Waals surface area contributed by atoms with Crippen LogP contribution < -0.4 is 24.8 Å². The van der Waals surface area contributed by atoms with Gasteiger partial charge in [-0.2, -0.15) is 0 Å². The number of hydrogen-bond donors (Lipinski definition) is 0. The Bertz CT molecular complexity index is 152. The molecule has 0 spiro atoms. The molecule has 0 saturated carbocycles. The zero-order valence-electron chi connectivity index (χ0n) is 6.77. The Hall–Kier alpha value is 0.774. The van der Waals surface area contributed by atoms with Crippen molar-refractivity contribution >= 4 is 0 Å². The summed E-state index contributed by atoms with van der Waals surface area (Å²) in [5.41, 5.74) is 0. The predicted molar refractivity (Wildman–Crippen MR) is 36.9 cm³/mol. The van der Waals surface area contributed by atoms with E-state index in [4.69, 9.17) is 0 Å². The van der Waals surface area contributed by atoms with Crippen molar-refractivity contribution < 1.29 is 44.0 Å². The summed E-state index contributed by atoms with van der Waals surface area (Å²) in [6.45, 7) is 2.26. The molecule has 0 fully saturated rings. The summed E-state index contributed by atoms with van der Waals surface area (Å²) in [4.78, 5) is 0. The third kappa shape index (κ3) is 3.80. The Morgan fingerprint density at radius 1 is 1.45 bits per heavy atom. The number of halogens is 2. The molecule has 0 N–H and O–H groups in total. The molecule has 0 aromatic heterocycles. The molecule has 1 rings (SSSR count). The Labute approximate surface area is 90.3 Å². The smallest absolute Gasteiger partial charge is 1.00 e. The van der Waals surface area contributed by atoms with Gasteiger partial charge in [0.15, 0.2) is 0 Å². The van der Waals surface area contributed by atoms with Gasteiger partial charge in [-0.25, -0.2) is 0 Å². The second-order valence-electron chi connectivity index (χ2n) is 2.27. The average Bonchev–Trinajstić information content (AvgIpc) is 2.33. The molecular weight excluding hydrogens is 215 g/mol. The van der Waals surface area contributed by atoms with E-state index in [-0.39, 0.29) is 44.0 Å². The van der Waals surface area contributed by atoms with Crippen molar-refractivity contribution in [2.75, 3.05) is 0 Å². The van der Waals surface area contributed by atoms with Crippen LogP contribution in [0.5, 0.6) is 0 Å². The minimum atomic E-state index is 0. The second kappa shape index (κ2) is 7.42. The van der Waals surface area contributed by atoms with Gasteiger partial charge in [0.2, 0.25) is 0 Å². The largest absolute Gasteiger partial charge is 1.00 e. The molecule has 0 amide bonds. The SMILES string of the molecule is CCC1C=CC=[C]1[Ti+2][CH3].[Cl-].[Cl-]. The first-order valence-electron chi connectivity index (χ1n) is 3.44. The monoisotopic (exact) mass is 226 g/mol. The van der Waals surface area contributed by atoms with Gasteiger partial charge >= 0.3 is 65.7 Å². The van der Waals surface area contributed by atoms with Crippen molar-refractivity contribution in [1.82, 2.24) is 0 Å². The predicted octanol–water partition coefficient (Wildman–Crippen LogP) is -3.40. The summed E-state index contributed by atoms with van der Waals surface area (Å²) in [5.74, 6) is 0.815. The Morgan fingerprint density at radius 2 is 2.09 bits per heavy atom. The van der Waals surface area contributed by atoms with Crippen LogP contribution in [-0.4, -0.2) is 0 Å². The second-order valence-corrected chi connectivity index (χ2v) is 3.95. The van der Waals surface area contributed by atoms with E-state index >= 15 is 0 Å². The van der Waals surface area contributed by atoms with Crippen molar-refractivity contribution in [3.8, 4) is 0 Å². The Kier molecular flexibility index (Phi) is 9.66. The average molecular weight is 227 g/mol. The molecule has 1 atom stereocenters. The molecular formula is C8H12Cl2Ti. The molecule has 0 aliphatic heterocycles. The first-order chi connectivity index (χ1) is 4.38. The van der Waals surface area contributed by atoms with Crippen LogP contribution in [0.3, 0.4) is 0 Å². The zero-order chi connectivity index (χ0) is 6.69. The van der Waals surface area contributed by atoms with E-state index in [2.05, 4.69) is 30.4 Å². The van der Waals surface area contributed by atoms with Gasteiger partial charge in [0.05, 0.1) is 0 Å². The fourth-order valence-electron chi connectivity index (χ4n) is 1.15. The number of hydrogen-bond acceptors (Lipinski definition) is 0. The van der Waals surface area contributed by atoms with Gasteiger partial charge < -0.3 is 24.8 Å². The van der Waals surface area contributed by atoms with Crippen LogP contribution in [0.2, 0.25) is 5.23 Å². The van der Waals surface area contributed by atoms with E-state index in [1.807, 2.05) is 0 Å².